The van der Waals surface area contributed by atoms with Crippen molar-refractivity contribution in [3.05, 3.63) is 59.7 Å². The van der Waals surface area contributed by atoms with E-state index in [0.29, 0.717) is 11.3 Å². The molecule has 0 aliphatic heterocycles. The first-order valence-electron chi connectivity index (χ1n) is 8.80. The molecular weight excluding hydrogens is 408 g/mol. The minimum atomic E-state index is -3.78. The van der Waals surface area contributed by atoms with Gasteiger partial charge in [-0.3, -0.25) is 9.59 Å². The van der Waals surface area contributed by atoms with Crippen molar-refractivity contribution in [1.29, 1.82) is 0 Å². The lowest BCUT2D eigenvalue weighted by Crippen LogP contribution is -2.30. The van der Waals surface area contributed by atoms with Crippen LogP contribution in [0.2, 0.25) is 0 Å². The van der Waals surface area contributed by atoms with Crippen LogP contribution >= 0.6 is 0 Å². The minimum Gasteiger partial charge on any atom is -0.449 e. The number of rotatable bonds is 8. The molecule has 1 amide bonds. The van der Waals surface area contributed by atoms with E-state index in [-0.39, 0.29) is 22.8 Å². The van der Waals surface area contributed by atoms with Crippen LogP contribution < -0.4 is 10.0 Å². The van der Waals surface area contributed by atoms with Crippen LogP contribution in [0.5, 0.6) is 0 Å². The number of hydrogen-bond donors (Lipinski definition) is 2. The van der Waals surface area contributed by atoms with Gasteiger partial charge in [0.2, 0.25) is 10.0 Å². The maximum absolute atomic E-state index is 12.3. The number of esters is 1. The summed E-state index contributed by atoms with van der Waals surface area (Å²) in [5.41, 5.74) is 0.709. The van der Waals surface area contributed by atoms with Crippen LogP contribution in [-0.2, 0) is 19.6 Å². The number of terminal acetylenes is 1. The Bertz CT molecular complexity index is 1100. The zero-order chi connectivity index (χ0) is 22.3. The molecule has 0 heterocycles. The van der Waals surface area contributed by atoms with Crippen molar-refractivity contribution in [3.63, 3.8) is 0 Å². The zero-order valence-corrected chi connectivity index (χ0v) is 17.2. The topological polar surface area (TPSA) is 119 Å². The molecule has 0 bridgehead atoms. The Kier molecular flexibility index (Phi) is 7.47. The van der Waals surface area contributed by atoms with Gasteiger partial charge in [0.05, 0.1) is 22.7 Å². The second kappa shape index (κ2) is 9.82. The molecular formula is C21H20N2O6S. The van der Waals surface area contributed by atoms with Crippen LogP contribution in [0.25, 0.3) is 0 Å². The molecule has 1 unspecified atom stereocenters. The summed E-state index contributed by atoms with van der Waals surface area (Å²) in [5.74, 6) is 0.518. The number of ether oxygens (including phenoxy) is 1. The molecule has 2 N–H and O–H groups in total. The van der Waals surface area contributed by atoms with Gasteiger partial charge in [0.1, 0.15) is 0 Å². The molecule has 0 aromatic heterocycles. The van der Waals surface area contributed by atoms with Crippen molar-refractivity contribution in [2.75, 3.05) is 11.9 Å². The number of anilines is 1. The number of ketones is 1. The van der Waals surface area contributed by atoms with Gasteiger partial charge in [0, 0.05) is 5.56 Å². The van der Waals surface area contributed by atoms with Crippen molar-refractivity contribution in [3.8, 4) is 12.3 Å². The van der Waals surface area contributed by atoms with Gasteiger partial charge in [-0.05, 0) is 50.2 Å². The quantitative estimate of drug-likeness (QED) is 0.377. The molecule has 0 spiro atoms. The maximum atomic E-state index is 12.3. The summed E-state index contributed by atoms with van der Waals surface area (Å²) in [6.07, 6.45) is 3.88. The Morgan fingerprint density at radius 3 is 2.33 bits per heavy atom. The predicted octanol–water partition coefficient (Wildman–Crippen LogP) is 1.98. The van der Waals surface area contributed by atoms with Crippen LogP contribution in [0, 0.1) is 12.3 Å². The SMILES string of the molecule is C#CCNS(=O)(=O)c1ccc(C(=O)OC(C)C(=O)Nc2ccccc2C(C)=O)cc1. The van der Waals surface area contributed by atoms with E-state index >= 15 is 0 Å². The van der Waals surface area contributed by atoms with Gasteiger partial charge in [0.15, 0.2) is 11.9 Å². The fraction of sp³-hybridized carbons (Fsp3) is 0.190. The van der Waals surface area contributed by atoms with E-state index in [4.69, 9.17) is 11.2 Å². The summed E-state index contributed by atoms with van der Waals surface area (Å²) in [6.45, 7) is 2.60. The molecule has 0 aliphatic rings. The number of benzene rings is 2. The van der Waals surface area contributed by atoms with E-state index in [1.165, 1.54) is 38.1 Å². The molecule has 0 fully saturated rings. The summed E-state index contributed by atoms with van der Waals surface area (Å²) in [6, 6.07) is 11.4. The molecule has 156 valence electrons. The fourth-order valence-electron chi connectivity index (χ4n) is 2.41. The summed E-state index contributed by atoms with van der Waals surface area (Å²) < 4.78 is 31.3. The third-order valence-corrected chi connectivity index (χ3v) is 5.40. The van der Waals surface area contributed by atoms with E-state index in [1.807, 2.05) is 0 Å². The lowest BCUT2D eigenvalue weighted by molar-refractivity contribution is -0.123. The number of nitrogens with one attached hydrogen (secondary N) is 2. The number of carbonyl (C=O) groups is 3. The van der Waals surface area contributed by atoms with E-state index in [2.05, 4.69) is 16.0 Å². The lowest BCUT2D eigenvalue weighted by atomic mass is 10.1. The van der Waals surface area contributed by atoms with Gasteiger partial charge in [-0.15, -0.1) is 6.42 Å². The smallest absolute Gasteiger partial charge is 0.338 e. The first-order chi connectivity index (χ1) is 14.2. The molecule has 0 saturated carbocycles. The van der Waals surface area contributed by atoms with E-state index < -0.39 is 28.0 Å². The van der Waals surface area contributed by atoms with Gasteiger partial charge in [-0.2, -0.15) is 4.72 Å². The molecule has 8 nitrogen and oxygen atoms in total. The number of para-hydroxylation sites is 1. The highest BCUT2D eigenvalue weighted by Crippen LogP contribution is 2.17. The molecule has 0 saturated heterocycles. The number of sulfonamides is 1. The maximum Gasteiger partial charge on any atom is 0.338 e. The summed E-state index contributed by atoms with van der Waals surface area (Å²) >= 11 is 0. The minimum absolute atomic E-state index is 0.0645. The first kappa shape index (κ1) is 22.8. The second-order valence-corrected chi connectivity index (χ2v) is 7.96. The Morgan fingerprint density at radius 1 is 1.10 bits per heavy atom. The third-order valence-electron chi connectivity index (χ3n) is 3.98. The number of carbonyl (C=O) groups excluding carboxylic acids is 3. The molecule has 30 heavy (non-hydrogen) atoms. The van der Waals surface area contributed by atoms with Crippen molar-refractivity contribution < 1.29 is 27.5 Å². The van der Waals surface area contributed by atoms with Crippen LogP contribution in [0.15, 0.2) is 53.4 Å². The van der Waals surface area contributed by atoms with Gasteiger partial charge in [-0.1, -0.05) is 18.1 Å². The van der Waals surface area contributed by atoms with Crippen molar-refractivity contribution in [2.45, 2.75) is 24.8 Å². The average molecular weight is 428 g/mol. The number of amides is 1. The van der Waals surface area contributed by atoms with Gasteiger partial charge >= 0.3 is 5.97 Å². The Labute approximate surface area is 174 Å². The summed E-state index contributed by atoms with van der Waals surface area (Å²) in [4.78, 5) is 36.2. The van der Waals surface area contributed by atoms with Crippen LogP contribution in [-0.4, -0.2) is 38.7 Å². The molecule has 2 aromatic carbocycles. The van der Waals surface area contributed by atoms with Gasteiger partial charge in [-0.25, -0.2) is 13.2 Å². The van der Waals surface area contributed by atoms with Crippen LogP contribution in [0.1, 0.15) is 34.6 Å². The molecule has 0 radical (unpaired) electrons. The summed E-state index contributed by atoms with van der Waals surface area (Å²) in [7, 11) is -3.78. The van der Waals surface area contributed by atoms with E-state index in [9.17, 15) is 22.8 Å². The number of hydrogen-bond acceptors (Lipinski definition) is 6. The van der Waals surface area contributed by atoms with Crippen molar-refractivity contribution in [2.24, 2.45) is 0 Å². The van der Waals surface area contributed by atoms with Gasteiger partial charge < -0.3 is 10.1 Å². The Hall–Kier alpha value is -3.48. The molecule has 1 atom stereocenters. The fourth-order valence-corrected chi connectivity index (χ4v) is 3.34. The zero-order valence-electron chi connectivity index (χ0n) is 16.3. The van der Waals surface area contributed by atoms with E-state index in [1.54, 1.807) is 24.3 Å². The normalized spacial score (nSPS) is 11.8. The Balaban J connectivity index is 2.04. The standard InChI is InChI=1S/C21H20N2O6S/c1-4-13-22-30(27,28)17-11-9-16(10-12-17)21(26)29-15(3)20(25)23-19-8-6-5-7-18(19)14(2)24/h1,5-12,15,22H,13H2,2-3H3,(H,23,25). The summed E-state index contributed by atoms with van der Waals surface area (Å²) in [5, 5.41) is 2.56. The third kappa shape index (κ3) is 5.76. The Morgan fingerprint density at radius 2 is 1.73 bits per heavy atom. The van der Waals surface area contributed by atoms with Crippen molar-refractivity contribution in [1.82, 2.24) is 4.72 Å². The van der Waals surface area contributed by atoms with E-state index in [0.717, 1.165) is 0 Å². The monoisotopic (exact) mass is 428 g/mol. The van der Waals surface area contributed by atoms with Crippen molar-refractivity contribution >= 4 is 33.4 Å². The molecule has 0 aliphatic carbocycles. The molecule has 2 aromatic rings. The van der Waals surface area contributed by atoms with Crippen LogP contribution in [0.4, 0.5) is 5.69 Å². The highest BCUT2D eigenvalue weighted by Gasteiger charge is 2.21. The predicted molar refractivity (Wildman–Crippen MR) is 110 cm³/mol. The lowest BCUT2D eigenvalue weighted by Gasteiger charge is -2.15. The number of Topliss-reactive ketones (excluding diaryl/α,β-unsaturated/α-hetero) is 1. The highest BCUT2D eigenvalue weighted by atomic mass is 32.2. The second-order valence-electron chi connectivity index (χ2n) is 6.19. The molecule has 2 rings (SSSR count). The average Bonchev–Trinajstić information content (AvgIpc) is 2.72. The van der Waals surface area contributed by atoms with Crippen LogP contribution in [0.3, 0.4) is 0 Å². The molecule has 9 heteroatoms. The van der Waals surface area contributed by atoms with Gasteiger partial charge in [0.25, 0.3) is 5.91 Å². The largest absolute Gasteiger partial charge is 0.449 e. The highest BCUT2D eigenvalue weighted by molar-refractivity contribution is 7.89. The first-order valence-corrected chi connectivity index (χ1v) is 10.3.